The van der Waals surface area contributed by atoms with Gasteiger partial charge in [0.25, 0.3) is 5.91 Å². The van der Waals surface area contributed by atoms with Gasteiger partial charge in [0.15, 0.2) is 11.5 Å². The molecule has 2 aliphatic heterocycles. The van der Waals surface area contributed by atoms with Gasteiger partial charge in [0.05, 0.1) is 19.3 Å². The zero-order valence-electron chi connectivity index (χ0n) is 15.3. The number of aromatic nitrogens is 1. The van der Waals surface area contributed by atoms with Gasteiger partial charge in [-0.05, 0) is 42.0 Å². The van der Waals surface area contributed by atoms with Gasteiger partial charge in [0, 0.05) is 29.3 Å². The Balaban J connectivity index is 1.39. The van der Waals surface area contributed by atoms with Crippen LogP contribution in [0.4, 0.5) is 0 Å². The van der Waals surface area contributed by atoms with E-state index in [1.54, 1.807) is 11.3 Å². The lowest BCUT2D eigenvalue weighted by Gasteiger charge is -2.25. The summed E-state index contributed by atoms with van der Waals surface area (Å²) in [5.41, 5.74) is 2.71. The number of benzene rings is 1. The lowest BCUT2D eigenvalue weighted by atomic mass is 10.0. The van der Waals surface area contributed by atoms with Crippen LogP contribution >= 0.6 is 22.7 Å². The number of carbonyl (C=O) groups excluding carboxylic acids is 1. The SMILES string of the molecule is O=C(c1csc(-c2ccsc2)n1)N1CCC[C@@H]1c1ccc2c(c1)OCCCO2. The fourth-order valence-electron chi connectivity index (χ4n) is 3.78. The smallest absolute Gasteiger partial charge is 0.273 e. The van der Waals surface area contributed by atoms with Crippen LogP contribution in [0.1, 0.15) is 41.4 Å². The highest BCUT2D eigenvalue weighted by atomic mass is 32.1. The Morgan fingerprint density at radius 1 is 1.11 bits per heavy atom. The Hall–Kier alpha value is -2.38. The van der Waals surface area contributed by atoms with Crippen LogP contribution in [0.5, 0.6) is 11.5 Å². The van der Waals surface area contributed by atoms with E-state index in [2.05, 4.69) is 16.4 Å². The number of hydrogen-bond acceptors (Lipinski definition) is 6. The molecule has 0 saturated carbocycles. The lowest BCUT2D eigenvalue weighted by Crippen LogP contribution is -2.30. The van der Waals surface area contributed by atoms with Crippen molar-refractivity contribution in [2.24, 2.45) is 0 Å². The van der Waals surface area contributed by atoms with E-state index in [1.807, 2.05) is 33.9 Å². The molecule has 0 bridgehead atoms. The van der Waals surface area contributed by atoms with Crippen LogP contribution in [-0.2, 0) is 0 Å². The third-order valence-electron chi connectivity index (χ3n) is 5.16. The van der Waals surface area contributed by atoms with Gasteiger partial charge in [-0.3, -0.25) is 4.79 Å². The zero-order chi connectivity index (χ0) is 18.9. The van der Waals surface area contributed by atoms with Gasteiger partial charge in [-0.2, -0.15) is 11.3 Å². The maximum atomic E-state index is 13.2. The first-order valence-electron chi connectivity index (χ1n) is 9.48. The topological polar surface area (TPSA) is 51.7 Å². The number of thiazole rings is 1. The van der Waals surface area contributed by atoms with E-state index in [-0.39, 0.29) is 11.9 Å². The number of amides is 1. The predicted octanol–water partition coefficient (Wildman–Crippen LogP) is 5.01. The predicted molar refractivity (Wildman–Crippen MR) is 110 cm³/mol. The van der Waals surface area contributed by atoms with Gasteiger partial charge in [-0.25, -0.2) is 4.98 Å². The number of hydrogen-bond donors (Lipinski definition) is 0. The lowest BCUT2D eigenvalue weighted by molar-refractivity contribution is 0.0730. The fraction of sp³-hybridized carbons (Fsp3) is 0.333. The number of nitrogens with zero attached hydrogens (tertiary/aromatic N) is 2. The van der Waals surface area contributed by atoms with E-state index in [9.17, 15) is 4.79 Å². The molecule has 1 fully saturated rings. The second-order valence-electron chi connectivity index (χ2n) is 6.96. The van der Waals surface area contributed by atoms with Crippen molar-refractivity contribution in [2.75, 3.05) is 19.8 Å². The fourth-order valence-corrected chi connectivity index (χ4v) is 5.29. The van der Waals surface area contributed by atoms with Gasteiger partial charge in [0.2, 0.25) is 0 Å². The Labute approximate surface area is 171 Å². The molecule has 3 aromatic rings. The molecule has 2 aliphatic rings. The molecule has 0 unspecified atom stereocenters. The van der Waals surface area contributed by atoms with Crippen molar-refractivity contribution in [3.05, 3.63) is 51.7 Å². The Morgan fingerprint density at radius 2 is 2.00 bits per heavy atom. The van der Waals surface area contributed by atoms with E-state index in [4.69, 9.17) is 9.47 Å². The number of fused-ring (bicyclic) bond motifs is 1. The average Bonchev–Trinajstić information content (AvgIpc) is 3.46. The molecule has 0 radical (unpaired) electrons. The number of likely N-dealkylation sites (tertiary alicyclic amines) is 1. The third-order valence-corrected chi connectivity index (χ3v) is 6.74. The standard InChI is InChI=1S/C21H20N2O3S2/c24-21(16-13-28-20(22-16)15-6-10-27-12-15)23-7-1-3-17(23)14-4-5-18-19(11-14)26-9-2-8-25-18/h4-6,10-13,17H,1-3,7-9H2/t17-/m1/s1. The molecule has 5 rings (SSSR count). The van der Waals surface area contributed by atoms with Crippen molar-refractivity contribution in [3.8, 4) is 22.1 Å². The van der Waals surface area contributed by atoms with Crippen LogP contribution in [0.15, 0.2) is 40.4 Å². The van der Waals surface area contributed by atoms with Crippen LogP contribution in [0.2, 0.25) is 0 Å². The summed E-state index contributed by atoms with van der Waals surface area (Å²) in [6.45, 7) is 2.09. The molecule has 28 heavy (non-hydrogen) atoms. The van der Waals surface area contributed by atoms with Gasteiger partial charge in [0.1, 0.15) is 10.7 Å². The molecule has 5 nitrogen and oxygen atoms in total. The minimum Gasteiger partial charge on any atom is -0.490 e. The van der Waals surface area contributed by atoms with Crippen molar-refractivity contribution in [1.29, 1.82) is 0 Å². The Morgan fingerprint density at radius 3 is 2.86 bits per heavy atom. The quantitative estimate of drug-likeness (QED) is 0.607. The summed E-state index contributed by atoms with van der Waals surface area (Å²) in [6.07, 6.45) is 2.83. The van der Waals surface area contributed by atoms with Crippen molar-refractivity contribution < 1.29 is 14.3 Å². The molecule has 0 N–H and O–H groups in total. The summed E-state index contributed by atoms with van der Waals surface area (Å²) < 4.78 is 11.6. The molecule has 1 amide bonds. The second kappa shape index (κ2) is 7.56. The monoisotopic (exact) mass is 412 g/mol. The summed E-state index contributed by atoms with van der Waals surface area (Å²) in [5.74, 6) is 1.58. The van der Waals surface area contributed by atoms with E-state index in [1.165, 1.54) is 11.3 Å². The van der Waals surface area contributed by atoms with E-state index >= 15 is 0 Å². The average molecular weight is 413 g/mol. The summed E-state index contributed by atoms with van der Waals surface area (Å²) >= 11 is 3.16. The molecule has 144 valence electrons. The largest absolute Gasteiger partial charge is 0.490 e. The van der Waals surface area contributed by atoms with Crippen molar-refractivity contribution >= 4 is 28.6 Å². The number of rotatable bonds is 3. The van der Waals surface area contributed by atoms with Gasteiger partial charge in [-0.1, -0.05) is 6.07 Å². The molecule has 1 saturated heterocycles. The maximum absolute atomic E-state index is 13.2. The minimum atomic E-state index is 0.00680. The molecule has 1 atom stereocenters. The maximum Gasteiger partial charge on any atom is 0.273 e. The first-order chi connectivity index (χ1) is 13.8. The summed E-state index contributed by atoms with van der Waals surface area (Å²) in [4.78, 5) is 19.7. The third kappa shape index (κ3) is 3.29. The highest BCUT2D eigenvalue weighted by Crippen LogP contribution is 2.38. The molecule has 2 aromatic heterocycles. The molecule has 1 aromatic carbocycles. The first kappa shape index (κ1) is 17.7. The Bertz CT molecular complexity index is 983. The number of thiophene rings is 1. The molecule has 0 aliphatic carbocycles. The highest BCUT2D eigenvalue weighted by molar-refractivity contribution is 7.14. The molecular weight excluding hydrogens is 392 g/mol. The first-order valence-corrected chi connectivity index (χ1v) is 11.3. The zero-order valence-corrected chi connectivity index (χ0v) is 16.9. The van der Waals surface area contributed by atoms with Crippen molar-refractivity contribution in [3.63, 3.8) is 0 Å². The number of carbonyl (C=O) groups is 1. The van der Waals surface area contributed by atoms with Crippen molar-refractivity contribution in [1.82, 2.24) is 9.88 Å². The van der Waals surface area contributed by atoms with Crippen molar-refractivity contribution in [2.45, 2.75) is 25.3 Å². The number of ether oxygens (including phenoxy) is 2. The van der Waals surface area contributed by atoms with E-state index in [0.29, 0.717) is 18.9 Å². The summed E-state index contributed by atoms with van der Waals surface area (Å²) in [6, 6.07) is 8.15. The van der Waals surface area contributed by atoms with Crippen LogP contribution in [0.3, 0.4) is 0 Å². The second-order valence-corrected chi connectivity index (χ2v) is 8.60. The molecule has 0 spiro atoms. The van der Waals surface area contributed by atoms with Gasteiger partial charge >= 0.3 is 0 Å². The van der Waals surface area contributed by atoms with Crippen LogP contribution in [-0.4, -0.2) is 35.5 Å². The van der Waals surface area contributed by atoms with Gasteiger partial charge in [-0.15, -0.1) is 11.3 Å². The minimum absolute atomic E-state index is 0.00680. The van der Waals surface area contributed by atoms with Crippen LogP contribution < -0.4 is 9.47 Å². The molecule has 7 heteroatoms. The summed E-state index contributed by atoms with van der Waals surface area (Å²) in [5, 5.41) is 6.86. The van der Waals surface area contributed by atoms with E-state index < -0.39 is 0 Å². The molecule has 4 heterocycles. The van der Waals surface area contributed by atoms with Crippen LogP contribution in [0.25, 0.3) is 10.6 Å². The van der Waals surface area contributed by atoms with Gasteiger partial charge < -0.3 is 14.4 Å². The van der Waals surface area contributed by atoms with Crippen LogP contribution in [0, 0.1) is 0 Å². The van der Waals surface area contributed by atoms with E-state index in [0.717, 1.165) is 53.4 Å². The highest BCUT2D eigenvalue weighted by Gasteiger charge is 2.32. The molecular formula is C21H20N2O3S2. The normalized spacial score (nSPS) is 18.9. The summed E-state index contributed by atoms with van der Waals surface area (Å²) in [7, 11) is 0. The Kier molecular flexibility index (Phi) is 4.78.